The summed E-state index contributed by atoms with van der Waals surface area (Å²) in [6, 6.07) is 11.3. The standard InChI is InChI=1S/C15H17N3/c1-2-4-13-11(3-1)5-7-17-15(13)18-8-6-12-9-16-10-14(12)18/h1-5,7,12,14,16H,6,8-10H2/t12-,14+/m0/s1. The van der Waals surface area contributed by atoms with E-state index >= 15 is 0 Å². The zero-order chi connectivity index (χ0) is 11.9. The maximum absolute atomic E-state index is 4.65. The SMILES string of the molecule is c1ccc2c(N3CC[C@H]4CNC[C@H]43)nccc2c1. The van der Waals surface area contributed by atoms with Gasteiger partial charge in [-0.05, 0) is 23.8 Å². The molecule has 0 bridgehead atoms. The Labute approximate surface area is 107 Å². The highest BCUT2D eigenvalue weighted by molar-refractivity contribution is 5.92. The van der Waals surface area contributed by atoms with Gasteiger partial charge in [0.2, 0.25) is 0 Å². The summed E-state index contributed by atoms with van der Waals surface area (Å²) < 4.78 is 0. The van der Waals surface area contributed by atoms with Crippen molar-refractivity contribution < 1.29 is 0 Å². The Morgan fingerprint density at radius 3 is 3.11 bits per heavy atom. The van der Waals surface area contributed by atoms with Crippen LogP contribution >= 0.6 is 0 Å². The Balaban J connectivity index is 1.83. The Morgan fingerprint density at radius 2 is 2.11 bits per heavy atom. The van der Waals surface area contributed by atoms with Gasteiger partial charge >= 0.3 is 0 Å². The normalized spacial score (nSPS) is 26.8. The molecule has 4 rings (SSSR count). The molecule has 1 N–H and O–H groups in total. The summed E-state index contributed by atoms with van der Waals surface area (Å²) in [5.41, 5.74) is 0. The van der Waals surface area contributed by atoms with Crippen molar-refractivity contribution in [1.29, 1.82) is 0 Å². The van der Waals surface area contributed by atoms with Crippen molar-refractivity contribution in [3.05, 3.63) is 36.5 Å². The average Bonchev–Trinajstić information content (AvgIpc) is 3.01. The molecule has 2 saturated heterocycles. The highest BCUT2D eigenvalue weighted by Crippen LogP contribution is 2.34. The van der Waals surface area contributed by atoms with E-state index in [1.165, 1.54) is 29.6 Å². The molecule has 3 nitrogen and oxygen atoms in total. The number of nitrogens with one attached hydrogen (secondary N) is 1. The van der Waals surface area contributed by atoms with Crippen LogP contribution in [0.5, 0.6) is 0 Å². The smallest absolute Gasteiger partial charge is 0.136 e. The summed E-state index contributed by atoms with van der Waals surface area (Å²) in [6.07, 6.45) is 3.23. The quantitative estimate of drug-likeness (QED) is 0.825. The molecule has 0 radical (unpaired) electrons. The highest BCUT2D eigenvalue weighted by atomic mass is 15.3. The molecule has 3 heterocycles. The Hall–Kier alpha value is -1.61. The number of rotatable bonds is 1. The van der Waals surface area contributed by atoms with E-state index in [-0.39, 0.29) is 0 Å². The van der Waals surface area contributed by atoms with Crippen LogP contribution in [0.1, 0.15) is 6.42 Å². The minimum absolute atomic E-state index is 0.642. The van der Waals surface area contributed by atoms with Gasteiger partial charge in [-0.3, -0.25) is 0 Å². The third-order valence-electron chi connectivity index (χ3n) is 4.37. The van der Waals surface area contributed by atoms with Gasteiger partial charge < -0.3 is 10.2 Å². The van der Waals surface area contributed by atoms with Gasteiger partial charge in [0.15, 0.2) is 0 Å². The summed E-state index contributed by atoms with van der Waals surface area (Å²) in [6.45, 7) is 3.43. The van der Waals surface area contributed by atoms with Crippen LogP contribution in [0.2, 0.25) is 0 Å². The monoisotopic (exact) mass is 239 g/mol. The third-order valence-corrected chi connectivity index (χ3v) is 4.37. The molecule has 2 aromatic rings. The summed E-state index contributed by atoms with van der Waals surface area (Å²) >= 11 is 0. The molecule has 2 fully saturated rings. The minimum atomic E-state index is 0.642. The van der Waals surface area contributed by atoms with Gasteiger partial charge in [0.1, 0.15) is 5.82 Å². The average molecular weight is 239 g/mol. The molecule has 0 unspecified atom stereocenters. The number of anilines is 1. The molecule has 2 atom stereocenters. The van der Waals surface area contributed by atoms with Crippen molar-refractivity contribution in [3.8, 4) is 0 Å². The van der Waals surface area contributed by atoms with Crippen LogP contribution in [0.3, 0.4) is 0 Å². The molecule has 0 amide bonds. The lowest BCUT2D eigenvalue weighted by molar-refractivity contribution is 0.578. The maximum atomic E-state index is 4.65. The number of aromatic nitrogens is 1. The first-order valence-electron chi connectivity index (χ1n) is 6.74. The van der Waals surface area contributed by atoms with Gasteiger partial charge in [-0.15, -0.1) is 0 Å². The van der Waals surface area contributed by atoms with Crippen LogP contribution in [-0.2, 0) is 0 Å². The van der Waals surface area contributed by atoms with Crippen LogP contribution in [0.15, 0.2) is 36.5 Å². The van der Waals surface area contributed by atoms with Crippen molar-refractivity contribution in [2.24, 2.45) is 5.92 Å². The maximum Gasteiger partial charge on any atom is 0.136 e. The Bertz CT molecular complexity index is 575. The first-order valence-corrected chi connectivity index (χ1v) is 6.74. The van der Waals surface area contributed by atoms with Gasteiger partial charge in [0.05, 0.1) is 0 Å². The fourth-order valence-electron chi connectivity index (χ4n) is 3.44. The van der Waals surface area contributed by atoms with Crippen molar-refractivity contribution in [2.75, 3.05) is 24.5 Å². The van der Waals surface area contributed by atoms with E-state index in [0.717, 1.165) is 19.0 Å². The zero-order valence-electron chi connectivity index (χ0n) is 10.3. The molecule has 3 heteroatoms. The second-order valence-electron chi connectivity index (χ2n) is 5.32. The largest absolute Gasteiger partial charge is 0.352 e. The molecular weight excluding hydrogens is 222 g/mol. The third kappa shape index (κ3) is 1.44. The summed E-state index contributed by atoms with van der Waals surface area (Å²) in [7, 11) is 0. The predicted octanol–water partition coefficient (Wildman–Crippen LogP) is 2.03. The van der Waals surface area contributed by atoms with E-state index in [4.69, 9.17) is 0 Å². The van der Waals surface area contributed by atoms with Crippen LogP contribution in [-0.4, -0.2) is 30.7 Å². The molecule has 1 aromatic carbocycles. The van der Waals surface area contributed by atoms with Crippen molar-refractivity contribution >= 4 is 16.6 Å². The molecule has 0 aliphatic carbocycles. The fraction of sp³-hybridized carbons (Fsp3) is 0.400. The lowest BCUT2D eigenvalue weighted by Crippen LogP contribution is -2.34. The summed E-state index contributed by atoms with van der Waals surface area (Å²) in [5.74, 6) is 1.98. The van der Waals surface area contributed by atoms with E-state index in [1.54, 1.807) is 0 Å². The molecule has 2 aliphatic heterocycles. The van der Waals surface area contributed by atoms with E-state index in [2.05, 4.69) is 45.5 Å². The Morgan fingerprint density at radius 1 is 1.17 bits per heavy atom. The van der Waals surface area contributed by atoms with Gasteiger partial charge in [0, 0.05) is 37.3 Å². The molecule has 92 valence electrons. The number of hydrogen-bond acceptors (Lipinski definition) is 3. The van der Waals surface area contributed by atoms with Crippen molar-refractivity contribution in [3.63, 3.8) is 0 Å². The second-order valence-corrected chi connectivity index (χ2v) is 5.32. The number of benzene rings is 1. The van der Waals surface area contributed by atoms with Gasteiger partial charge in [0.25, 0.3) is 0 Å². The second kappa shape index (κ2) is 3.95. The van der Waals surface area contributed by atoms with Crippen molar-refractivity contribution in [1.82, 2.24) is 10.3 Å². The predicted molar refractivity (Wildman–Crippen MR) is 73.9 cm³/mol. The molecule has 2 aliphatic rings. The minimum Gasteiger partial charge on any atom is -0.352 e. The molecule has 0 spiro atoms. The number of hydrogen-bond donors (Lipinski definition) is 1. The number of fused-ring (bicyclic) bond motifs is 2. The van der Waals surface area contributed by atoms with Gasteiger partial charge in [-0.2, -0.15) is 0 Å². The summed E-state index contributed by atoms with van der Waals surface area (Å²) in [4.78, 5) is 7.15. The molecular formula is C15H17N3. The van der Waals surface area contributed by atoms with Crippen LogP contribution < -0.4 is 10.2 Å². The zero-order valence-corrected chi connectivity index (χ0v) is 10.3. The van der Waals surface area contributed by atoms with Gasteiger partial charge in [-0.1, -0.05) is 24.3 Å². The van der Waals surface area contributed by atoms with Crippen LogP contribution in [0.4, 0.5) is 5.82 Å². The fourth-order valence-corrected chi connectivity index (χ4v) is 3.44. The van der Waals surface area contributed by atoms with Crippen molar-refractivity contribution in [2.45, 2.75) is 12.5 Å². The van der Waals surface area contributed by atoms with E-state index in [1.807, 2.05) is 6.20 Å². The molecule has 18 heavy (non-hydrogen) atoms. The lowest BCUT2D eigenvalue weighted by atomic mass is 10.0. The van der Waals surface area contributed by atoms with Gasteiger partial charge in [-0.25, -0.2) is 4.98 Å². The lowest BCUT2D eigenvalue weighted by Gasteiger charge is -2.25. The number of pyridine rings is 1. The summed E-state index contributed by atoms with van der Waals surface area (Å²) in [5, 5.41) is 6.08. The molecule has 0 saturated carbocycles. The molecule has 1 aromatic heterocycles. The first-order chi connectivity index (χ1) is 8.93. The van der Waals surface area contributed by atoms with Crippen LogP contribution in [0, 0.1) is 5.92 Å². The van der Waals surface area contributed by atoms with E-state index in [0.29, 0.717) is 6.04 Å². The van der Waals surface area contributed by atoms with Crippen LogP contribution in [0.25, 0.3) is 10.8 Å². The Kier molecular flexibility index (Phi) is 2.27. The van der Waals surface area contributed by atoms with E-state index < -0.39 is 0 Å². The highest BCUT2D eigenvalue weighted by Gasteiger charge is 2.38. The first kappa shape index (κ1) is 10.3. The topological polar surface area (TPSA) is 28.2 Å². The number of nitrogens with zero attached hydrogens (tertiary/aromatic N) is 2. The van der Waals surface area contributed by atoms with E-state index in [9.17, 15) is 0 Å².